The molecule has 5 rings (SSSR count). The highest BCUT2D eigenvalue weighted by atomic mass is 19.4. The average molecular weight is 566 g/mol. The molecule has 213 valence electrons. The van der Waals surface area contributed by atoms with Crippen molar-refractivity contribution in [3.8, 4) is 11.5 Å². The molecule has 2 aliphatic heterocycles. The summed E-state index contributed by atoms with van der Waals surface area (Å²) < 4.78 is 76.4. The summed E-state index contributed by atoms with van der Waals surface area (Å²) in [5.41, 5.74) is -0.356. The number of esters is 1. The fourth-order valence-corrected chi connectivity index (χ4v) is 5.19. The number of carbonyl (C=O) groups excluding carboxylic acids is 2. The molecule has 0 saturated carbocycles. The zero-order valence-electron chi connectivity index (χ0n) is 21.4. The summed E-state index contributed by atoms with van der Waals surface area (Å²) in [6.07, 6.45) is -3.72. The van der Waals surface area contributed by atoms with E-state index in [4.69, 9.17) is 18.6 Å². The van der Waals surface area contributed by atoms with E-state index in [1.54, 1.807) is 6.07 Å². The lowest BCUT2D eigenvalue weighted by atomic mass is 9.75. The number of aromatic nitrogens is 1. The number of benzene rings is 2. The first kappa shape index (κ1) is 27.5. The number of nitrogens with zero attached hydrogens (tertiary/aromatic N) is 2. The van der Waals surface area contributed by atoms with Crippen LogP contribution < -0.4 is 25.4 Å². The maximum absolute atomic E-state index is 15.2. The van der Waals surface area contributed by atoms with E-state index in [9.17, 15) is 22.8 Å². The predicted octanol–water partition coefficient (Wildman–Crippen LogP) is 4.78. The Kier molecular flexibility index (Phi) is 7.21. The van der Waals surface area contributed by atoms with E-state index in [0.717, 1.165) is 6.07 Å². The van der Waals surface area contributed by atoms with Crippen LogP contribution in [-0.4, -0.2) is 55.6 Å². The molecular formula is C26H25F4N4O6. The van der Waals surface area contributed by atoms with Crippen molar-refractivity contribution in [3.05, 3.63) is 42.0 Å². The second-order valence-corrected chi connectivity index (χ2v) is 9.95. The minimum Gasteiger partial charge on any atom is -0.496 e. The molecule has 3 atom stereocenters. The van der Waals surface area contributed by atoms with Gasteiger partial charge in [-0.15, -0.1) is 0 Å². The number of hydrogen-bond acceptors (Lipinski definition) is 8. The van der Waals surface area contributed by atoms with E-state index in [0.29, 0.717) is 42.0 Å². The number of alkyl halides is 3. The molecule has 0 bridgehead atoms. The van der Waals surface area contributed by atoms with Gasteiger partial charge in [-0.05, 0) is 56.3 Å². The Labute approximate surface area is 225 Å². The molecule has 10 nitrogen and oxygen atoms in total. The number of carbonyl (C=O) groups is 2. The van der Waals surface area contributed by atoms with Crippen molar-refractivity contribution in [3.63, 3.8) is 0 Å². The number of rotatable bonds is 8. The molecule has 0 aliphatic carbocycles. The van der Waals surface area contributed by atoms with Crippen molar-refractivity contribution in [1.29, 1.82) is 0 Å². The number of amides is 2. The number of hydrogen-bond donors (Lipinski definition) is 2. The maximum Gasteiger partial charge on any atom is 0.490 e. The van der Waals surface area contributed by atoms with Gasteiger partial charge in [0.05, 0.1) is 18.5 Å². The molecule has 2 aliphatic rings. The van der Waals surface area contributed by atoms with Gasteiger partial charge < -0.3 is 29.3 Å². The van der Waals surface area contributed by atoms with E-state index in [1.807, 2.05) is 0 Å². The van der Waals surface area contributed by atoms with Gasteiger partial charge in [-0.2, -0.15) is 18.5 Å². The molecule has 3 heterocycles. The number of anilines is 1. The predicted molar refractivity (Wildman–Crippen MR) is 132 cm³/mol. The third-order valence-electron chi connectivity index (χ3n) is 6.99. The van der Waals surface area contributed by atoms with Crippen LogP contribution in [0.15, 0.2) is 35.1 Å². The standard InChI is InChI=1S/C26H25F4N4O6/c1-25(40-23(35)26(28,29)30,11-38-20-5-14(37-2)6-21-22(20)32-12-39-21)9-13-10-31-4-3-15(13)16-7-18-19(8-17(16)27)34-24(36)33-18/h5-8,12-13,15,31H,3-4,9-11H2,1-2H3,(H,33,36)/t13?,15?,25-/m0/s1. The number of piperidine rings is 1. The van der Waals surface area contributed by atoms with Gasteiger partial charge in [-0.3, -0.25) is 0 Å². The van der Waals surface area contributed by atoms with Crippen LogP contribution in [-0.2, 0) is 9.53 Å². The molecule has 3 aromatic rings. The number of urea groups is 1. The van der Waals surface area contributed by atoms with Crippen LogP contribution in [0.2, 0.25) is 0 Å². The number of fused-ring (bicyclic) bond motifs is 2. The number of methoxy groups -OCH3 is 1. The topological polar surface area (TPSA) is 126 Å². The summed E-state index contributed by atoms with van der Waals surface area (Å²) in [5, 5.41) is 9.43. The van der Waals surface area contributed by atoms with E-state index >= 15 is 4.39 Å². The smallest absolute Gasteiger partial charge is 0.490 e. The molecule has 0 spiro atoms. The lowest BCUT2D eigenvalue weighted by molar-refractivity contribution is -0.216. The maximum atomic E-state index is 15.2. The molecular weight excluding hydrogens is 540 g/mol. The second-order valence-electron chi connectivity index (χ2n) is 9.95. The van der Waals surface area contributed by atoms with Crippen molar-refractivity contribution in [2.75, 3.05) is 32.1 Å². The molecule has 1 aromatic heterocycles. The Balaban J connectivity index is 1.44. The normalized spacial score (nSPS) is 20.3. The summed E-state index contributed by atoms with van der Waals surface area (Å²) in [7, 11) is 1.42. The van der Waals surface area contributed by atoms with Gasteiger partial charge in [0.15, 0.2) is 23.2 Å². The summed E-state index contributed by atoms with van der Waals surface area (Å²) in [4.78, 5) is 27.7. The van der Waals surface area contributed by atoms with E-state index < -0.39 is 48.0 Å². The highest BCUT2D eigenvalue weighted by molar-refractivity contribution is 6.02. The van der Waals surface area contributed by atoms with Crippen molar-refractivity contribution in [2.45, 2.75) is 37.5 Å². The molecule has 1 radical (unpaired) electrons. The van der Waals surface area contributed by atoms with Crippen molar-refractivity contribution < 1.29 is 45.8 Å². The van der Waals surface area contributed by atoms with Crippen LogP contribution in [0.1, 0.15) is 31.2 Å². The van der Waals surface area contributed by atoms with E-state index in [-0.39, 0.29) is 23.4 Å². The van der Waals surface area contributed by atoms with Crippen LogP contribution in [0.5, 0.6) is 11.5 Å². The molecule has 2 N–H and O–H groups in total. The third kappa shape index (κ3) is 5.62. The lowest BCUT2D eigenvalue weighted by Crippen LogP contribution is -2.47. The Bertz CT molecular complexity index is 1440. The summed E-state index contributed by atoms with van der Waals surface area (Å²) in [5.74, 6) is -3.39. The number of nitrogens with one attached hydrogen (secondary N) is 2. The average Bonchev–Trinajstić information content (AvgIpc) is 3.51. The van der Waals surface area contributed by atoms with Gasteiger partial charge in [0.1, 0.15) is 23.8 Å². The number of ether oxygens (including phenoxy) is 3. The molecule has 1 saturated heterocycles. The molecule has 40 heavy (non-hydrogen) atoms. The highest BCUT2D eigenvalue weighted by Crippen LogP contribution is 2.42. The van der Waals surface area contributed by atoms with Crippen LogP contribution in [0.25, 0.3) is 11.1 Å². The number of oxazole rings is 1. The Hall–Kier alpha value is -4.07. The van der Waals surface area contributed by atoms with Crippen LogP contribution >= 0.6 is 0 Å². The van der Waals surface area contributed by atoms with Gasteiger partial charge in [0, 0.05) is 18.2 Å². The fraction of sp³-hybridized carbons (Fsp3) is 0.423. The minimum atomic E-state index is -5.24. The third-order valence-corrected chi connectivity index (χ3v) is 6.99. The Morgan fingerprint density at radius 2 is 2.02 bits per heavy atom. The summed E-state index contributed by atoms with van der Waals surface area (Å²) in [6.45, 7) is 1.69. The molecule has 14 heteroatoms. The SMILES string of the molecule is COc1cc(OC[C@](C)(CC2CNCCC2c2cc3c(cc2F)[N]C(=O)N3)OC(=O)C(F)(F)F)c2ncoc2c1. The van der Waals surface area contributed by atoms with Gasteiger partial charge in [0.2, 0.25) is 0 Å². The van der Waals surface area contributed by atoms with Gasteiger partial charge >= 0.3 is 18.2 Å². The molecule has 2 aromatic carbocycles. The largest absolute Gasteiger partial charge is 0.496 e. The van der Waals surface area contributed by atoms with Crippen LogP contribution in [0, 0.1) is 11.7 Å². The first-order valence-electron chi connectivity index (χ1n) is 12.4. The molecule has 2 unspecified atom stereocenters. The number of halogens is 4. The zero-order valence-corrected chi connectivity index (χ0v) is 21.4. The lowest BCUT2D eigenvalue weighted by Gasteiger charge is -2.39. The molecule has 2 amide bonds. The quantitative estimate of drug-likeness (QED) is 0.295. The van der Waals surface area contributed by atoms with E-state index in [1.165, 1.54) is 32.6 Å². The Morgan fingerprint density at radius 3 is 2.77 bits per heavy atom. The van der Waals surface area contributed by atoms with Crippen molar-refractivity contribution >= 4 is 34.5 Å². The van der Waals surface area contributed by atoms with Gasteiger partial charge in [0.25, 0.3) is 0 Å². The highest BCUT2D eigenvalue weighted by Gasteiger charge is 2.47. The zero-order chi connectivity index (χ0) is 28.7. The fourth-order valence-electron chi connectivity index (χ4n) is 5.19. The van der Waals surface area contributed by atoms with Gasteiger partial charge in [-0.1, -0.05) is 0 Å². The minimum absolute atomic E-state index is 0.105. The molecule has 1 fully saturated rings. The van der Waals surface area contributed by atoms with Crippen molar-refractivity contribution in [2.24, 2.45) is 5.92 Å². The first-order valence-corrected chi connectivity index (χ1v) is 12.4. The first-order chi connectivity index (χ1) is 19.0. The van der Waals surface area contributed by atoms with Crippen LogP contribution in [0.4, 0.5) is 33.7 Å². The van der Waals surface area contributed by atoms with Gasteiger partial charge in [-0.25, -0.2) is 19.0 Å². The monoisotopic (exact) mass is 565 g/mol. The van der Waals surface area contributed by atoms with E-state index in [2.05, 4.69) is 20.9 Å². The summed E-state index contributed by atoms with van der Waals surface area (Å²) in [6, 6.07) is 5.09. The van der Waals surface area contributed by atoms with Crippen molar-refractivity contribution in [1.82, 2.24) is 15.6 Å². The second kappa shape index (κ2) is 10.5. The summed E-state index contributed by atoms with van der Waals surface area (Å²) >= 11 is 0. The van der Waals surface area contributed by atoms with Crippen LogP contribution in [0.3, 0.4) is 0 Å². The Morgan fingerprint density at radius 1 is 1.23 bits per heavy atom.